The molecule has 5 nitrogen and oxygen atoms in total. The second-order valence-corrected chi connectivity index (χ2v) is 7.90. The van der Waals surface area contributed by atoms with Crippen molar-refractivity contribution in [3.63, 3.8) is 0 Å². The molecule has 4 aromatic rings. The zero-order chi connectivity index (χ0) is 22.7. The predicted octanol–water partition coefficient (Wildman–Crippen LogP) is 5.44. The lowest BCUT2D eigenvalue weighted by Crippen LogP contribution is -2.26. The minimum absolute atomic E-state index is 0.0656. The summed E-state index contributed by atoms with van der Waals surface area (Å²) in [4.78, 5) is 30.5. The number of nitrogens with one attached hydrogen (secondary N) is 1. The zero-order valence-electron chi connectivity index (χ0n) is 17.4. The van der Waals surface area contributed by atoms with Crippen LogP contribution in [0.5, 0.6) is 0 Å². The van der Waals surface area contributed by atoms with Crippen molar-refractivity contribution in [2.24, 2.45) is 0 Å². The third-order valence-corrected chi connectivity index (χ3v) is 5.39. The van der Waals surface area contributed by atoms with Crippen LogP contribution in [0.2, 0.25) is 5.02 Å². The van der Waals surface area contributed by atoms with Crippen LogP contribution in [0.15, 0.2) is 71.5 Å². The van der Waals surface area contributed by atoms with E-state index in [0.29, 0.717) is 40.4 Å². The number of hydrogen-bond acceptors (Lipinski definition) is 3. The van der Waals surface area contributed by atoms with Gasteiger partial charge < -0.3 is 5.32 Å². The molecular formula is C25H21ClFN3O2. The molecule has 3 aromatic carbocycles. The van der Waals surface area contributed by atoms with E-state index < -0.39 is 11.7 Å². The Morgan fingerprint density at radius 3 is 2.56 bits per heavy atom. The lowest BCUT2D eigenvalue weighted by Gasteiger charge is -2.14. The molecule has 4 rings (SSSR count). The minimum Gasteiger partial charge on any atom is -0.322 e. The number of rotatable bonds is 6. The van der Waals surface area contributed by atoms with E-state index in [2.05, 4.69) is 5.32 Å². The SMILES string of the molecule is CCCc1nc2ccc(NC(=O)c3ccccc3F)cc2c(=O)n1Cc1ccc(Cl)cc1. The van der Waals surface area contributed by atoms with Crippen molar-refractivity contribution >= 4 is 34.1 Å². The van der Waals surface area contributed by atoms with Crippen LogP contribution in [0.4, 0.5) is 10.1 Å². The number of fused-ring (bicyclic) bond motifs is 1. The Morgan fingerprint density at radius 2 is 1.84 bits per heavy atom. The Bertz CT molecular complexity index is 1350. The van der Waals surface area contributed by atoms with E-state index >= 15 is 0 Å². The van der Waals surface area contributed by atoms with E-state index in [4.69, 9.17) is 16.6 Å². The zero-order valence-corrected chi connectivity index (χ0v) is 18.2. The molecular weight excluding hydrogens is 429 g/mol. The lowest BCUT2D eigenvalue weighted by atomic mass is 10.1. The number of amides is 1. The van der Waals surface area contributed by atoms with Gasteiger partial charge in [-0.2, -0.15) is 0 Å². The first kappa shape index (κ1) is 21.7. The van der Waals surface area contributed by atoms with Gasteiger partial charge in [0.05, 0.1) is 23.0 Å². The van der Waals surface area contributed by atoms with Gasteiger partial charge in [0, 0.05) is 17.1 Å². The van der Waals surface area contributed by atoms with Crippen LogP contribution in [-0.4, -0.2) is 15.5 Å². The molecule has 0 bridgehead atoms. The normalized spacial score (nSPS) is 11.0. The average Bonchev–Trinajstić information content (AvgIpc) is 2.78. The predicted molar refractivity (Wildman–Crippen MR) is 125 cm³/mol. The highest BCUT2D eigenvalue weighted by Crippen LogP contribution is 2.19. The highest BCUT2D eigenvalue weighted by Gasteiger charge is 2.14. The van der Waals surface area contributed by atoms with E-state index in [1.165, 1.54) is 18.2 Å². The Balaban J connectivity index is 1.73. The van der Waals surface area contributed by atoms with Gasteiger partial charge in [0.25, 0.3) is 11.5 Å². The molecule has 0 aliphatic heterocycles. The molecule has 1 N–H and O–H groups in total. The number of hydrogen-bond donors (Lipinski definition) is 1. The first-order chi connectivity index (χ1) is 15.5. The first-order valence-electron chi connectivity index (χ1n) is 10.3. The molecule has 0 atom stereocenters. The third kappa shape index (κ3) is 4.55. The molecule has 0 spiro atoms. The molecule has 0 radical (unpaired) electrons. The molecule has 7 heteroatoms. The highest BCUT2D eigenvalue weighted by molar-refractivity contribution is 6.30. The van der Waals surface area contributed by atoms with E-state index in [1.807, 2.05) is 19.1 Å². The van der Waals surface area contributed by atoms with Gasteiger partial charge in [-0.3, -0.25) is 14.2 Å². The van der Waals surface area contributed by atoms with E-state index in [0.717, 1.165) is 12.0 Å². The monoisotopic (exact) mass is 449 g/mol. The van der Waals surface area contributed by atoms with E-state index in [-0.39, 0.29) is 11.1 Å². The van der Waals surface area contributed by atoms with Crippen molar-refractivity contribution in [3.8, 4) is 0 Å². The van der Waals surface area contributed by atoms with Crippen LogP contribution in [-0.2, 0) is 13.0 Å². The Kier molecular flexibility index (Phi) is 6.32. The van der Waals surface area contributed by atoms with Crippen LogP contribution in [0, 0.1) is 5.82 Å². The number of carbonyl (C=O) groups excluding carboxylic acids is 1. The number of aromatic nitrogens is 2. The number of benzene rings is 3. The molecule has 0 saturated heterocycles. The van der Waals surface area contributed by atoms with Gasteiger partial charge in [-0.1, -0.05) is 42.8 Å². The summed E-state index contributed by atoms with van der Waals surface area (Å²) in [5, 5.41) is 3.67. The number of halogens is 2. The van der Waals surface area contributed by atoms with Crippen LogP contribution in [0.1, 0.15) is 35.1 Å². The third-order valence-electron chi connectivity index (χ3n) is 5.14. The standard InChI is InChI=1S/C25H21ClFN3O2/c1-2-5-23-29-22-13-12-18(28-24(31)19-6-3-4-7-21(19)27)14-20(22)25(32)30(23)15-16-8-10-17(26)11-9-16/h3-4,6-14H,2,5,15H2,1H3,(H,28,31). The summed E-state index contributed by atoms with van der Waals surface area (Å²) in [5.41, 5.74) is 1.61. The van der Waals surface area contributed by atoms with Crippen LogP contribution in [0.25, 0.3) is 10.9 Å². The summed E-state index contributed by atoms with van der Waals surface area (Å²) in [7, 11) is 0. The van der Waals surface area contributed by atoms with E-state index in [9.17, 15) is 14.0 Å². The van der Waals surface area contributed by atoms with Crippen molar-refractivity contribution in [3.05, 3.63) is 105 Å². The van der Waals surface area contributed by atoms with Crippen molar-refractivity contribution < 1.29 is 9.18 Å². The second-order valence-electron chi connectivity index (χ2n) is 7.46. The fourth-order valence-corrected chi connectivity index (χ4v) is 3.66. The van der Waals surface area contributed by atoms with Gasteiger partial charge in [-0.15, -0.1) is 0 Å². The summed E-state index contributed by atoms with van der Waals surface area (Å²) in [6, 6.07) is 18.0. The van der Waals surface area contributed by atoms with Gasteiger partial charge in [-0.25, -0.2) is 9.37 Å². The maximum atomic E-state index is 13.9. The largest absolute Gasteiger partial charge is 0.322 e. The second kappa shape index (κ2) is 9.32. The van der Waals surface area contributed by atoms with Crippen molar-refractivity contribution in [1.82, 2.24) is 9.55 Å². The fraction of sp³-hybridized carbons (Fsp3) is 0.160. The average molecular weight is 450 g/mol. The topological polar surface area (TPSA) is 64.0 Å². The minimum atomic E-state index is -0.609. The summed E-state index contributed by atoms with van der Waals surface area (Å²) in [6.45, 7) is 2.39. The maximum Gasteiger partial charge on any atom is 0.261 e. The molecule has 1 heterocycles. The van der Waals surface area contributed by atoms with Gasteiger partial charge in [0.1, 0.15) is 11.6 Å². The van der Waals surface area contributed by atoms with Crippen LogP contribution >= 0.6 is 11.6 Å². The quantitative estimate of drug-likeness (QED) is 0.426. The molecule has 0 aliphatic carbocycles. The van der Waals surface area contributed by atoms with Crippen molar-refractivity contribution in [2.45, 2.75) is 26.3 Å². The molecule has 32 heavy (non-hydrogen) atoms. The molecule has 162 valence electrons. The summed E-state index contributed by atoms with van der Waals surface area (Å²) < 4.78 is 15.6. The molecule has 0 fully saturated rings. The summed E-state index contributed by atoms with van der Waals surface area (Å²) in [6.07, 6.45) is 1.50. The van der Waals surface area contributed by atoms with Crippen molar-refractivity contribution in [1.29, 1.82) is 0 Å². The van der Waals surface area contributed by atoms with Crippen molar-refractivity contribution in [2.75, 3.05) is 5.32 Å². The Labute approximate surface area is 189 Å². The van der Waals surface area contributed by atoms with Crippen LogP contribution in [0.3, 0.4) is 0 Å². The van der Waals surface area contributed by atoms with Gasteiger partial charge in [0.2, 0.25) is 0 Å². The fourth-order valence-electron chi connectivity index (χ4n) is 3.54. The number of anilines is 1. The molecule has 0 saturated carbocycles. The first-order valence-corrected chi connectivity index (χ1v) is 10.7. The van der Waals surface area contributed by atoms with Gasteiger partial charge in [-0.05, 0) is 54.4 Å². The summed E-state index contributed by atoms with van der Waals surface area (Å²) in [5.74, 6) is -0.496. The number of nitrogens with zero attached hydrogens (tertiary/aromatic N) is 2. The van der Waals surface area contributed by atoms with E-state index in [1.54, 1.807) is 41.0 Å². The number of carbonyl (C=O) groups is 1. The Hall–Kier alpha value is -3.51. The molecule has 1 amide bonds. The Morgan fingerprint density at radius 1 is 1.09 bits per heavy atom. The summed E-state index contributed by atoms with van der Waals surface area (Å²) >= 11 is 5.98. The van der Waals surface area contributed by atoms with Crippen LogP contribution < -0.4 is 10.9 Å². The smallest absolute Gasteiger partial charge is 0.261 e. The molecule has 0 unspecified atom stereocenters. The van der Waals surface area contributed by atoms with Gasteiger partial charge >= 0.3 is 0 Å². The number of aryl methyl sites for hydroxylation is 1. The van der Waals surface area contributed by atoms with Gasteiger partial charge in [0.15, 0.2) is 0 Å². The molecule has 1 aromatic heterocycles. The lowest BCUT2D eigenvalue weighted by molar-refractivity contribution is 0.102. The maximum absolute atomic E-state index is 13.9. The molecule has 0 aliphatic rings. The highest BCUT2D eigenvalue weighted by atomic mass is 35.5.